The molecule has 0 bridgehead atoms. The smallest absolute Gasteiger partial charge is 0.101 e. The molecule has 0 saturated heterocycles. The number of nitrogens with two attached hydrogens (primary N) is 1. The Hall–Kier alpha value is -0.940. The molecule has 2 rings (SSSR count). The summed E-state index contributed by atoms with van der Waals surface area (Å²) in [5.41, 5.74) is 3.83. The summed E-state index contributed by atoms with van der Waals surface area (Å²) in [6.45, 7) is 2.27. The summed E-state index contributed by atoms with van der Waals surface area (Å²) in [7, 11) is 0. The third-order valence-electron chi connectivity index (χ3n) is 3.80. The van der Waals surface area contributed by atoms with Crippen LogP contribution in [0.2, 0.25) is 0 Å². The normalized spacial score (nSPS) is 27.9. The van der Waals surface area contributed by atoms with Crippen LogP contribution < -0.4 is 11.3 Å². The fraction of sp³-hybridized carbons (Fsp3) is 0.818. The van der Waals surface area contributed by atoms with E-state index in [1.54, 1.807) is 6.20 Å². The number of H-pyrrole nitrogens is 1. The summed E-state index contributed by atoms with van der Waals surface area (Å²) in [5, 5.41) is 10.6. The summed E-state index contributed by atoms with van der Waals surface area (Å²) in [5.74, 6) is 7.09. The minimum Gasteiger partial charge on any atom is -0.271 e. The van der Waals surface area contributed by atoms with Gasteiger partial charge in [-0.25, -0.2) is 0 Å². The van der Waals surface area contributed by atoms with Crippen molar-refractivity contribution in [1.82, 2.24) is 20.8 Å². The first kappa shape index (κ1) is 11.5. The van der Waals surface area contributed by atoms with Gasteiger partial charge in [0, 0.05) is 0 Å². The van der Waals surface area contributed by atoms with Gasteiger partial charge in [0.1, 0.15) is 5.69 Å². The van der Waals surface area contributed by atoms with Gasteiger partial charge in [0.05, 0.1) is 12.2 Å². The molecule has 1 aromatic rings. The third-order valence-corrected chi connectivity index (χ3v) is 3.80. The number of hydrogen-bond acceptors (Lipinski definition) is 4. The second kappa shape index (κ2) is 5.41. The zero-order valence-electron chi connectivity index (χ0n) is 9.82. The maximum Gasteiger partial charge on any atom is 0.101 e. The molecule has 5 nitrogen and oxygen atoms in total. The molecule has 0 aromatic carbocycles. The fourth-order valence-corrected chi connectivity index (χ4v) is 2.83. The van der Waals surface area contributed by atoms with Gasteiger partial charge in [-0.15, -0.1) is 0 Å². The van der Waals surface area contributed by atoms with Crippen molar-refractivity contribution in [1.29, 1.82) is 0 Å². The molecule has 1 fully saturated rings. The Morgan fingerprint density at radius 3 is 3.12 bits per heavy atom. The quantitative estimate of drug-likeness (QED) is 0.534. The van der Waals surface area contributed by atoms with Crippen LogP contribution in [0.15, 0.2) is 6.20 Å². The fourth-order valence-electron chi connectivity index (χ4n) is 2.83. The van der Waals surface area contributed by atoms with Crippen LogP contribution in [0.3, 0.4) is 0 Å². The van der Waals surface area contributed by atoms with E-state index < -0.39 is 0 Å². The molecular weight excluding hydrogens is 202 g/mol. The minimum atomic E-state index is 0.146. The van der Waals surface area contributed by atoms with E-state index in [-0.39, 0.29) is 6.04 Å². The van der Waals surface area contributed by atoms with Gasteiger partial charge in [-0.05, 0) is 24.7 Å². The first-order chi connectivity index (χ1) is 7.85. The Morgan fingerprint density at radius 2 is 2.50 bits per heavy atom. The average molecular weight is 223 g/mol. The van der Waals surface area contributed by atoms with Crippen molar-refractivity contribution in [2.75, 3.05) is 0 Å². The molecule has 0 amide bonds. The number of aromatic amines is 1. The van der Waals surface area contributed by atoms with Crippen molar-refractivity contribution < 1.29 is 0 Å². The van der Waals surface area contributed by atoms with Crippen LogP contribution in [0.1, 0.15) is 50.8 Å². The predicted octanol–water partition coefficient (Wildman–Crippen LogP) is 1.53. The van der Waals surface area contributed by atoms with Crippen LogP contribution >= 0.6 is 0 Å². The van der Waals surface area contributed by atoms with Gasteiger partial charge in [-0.2, -0.15) is 15.4 Å². The summed E-state index contributed by atoms with van der Waals surface area (Å²) >= 11 is 0. The average Bonchev–Trinajstić information content (AvgIpc) is 2.84. The molecule has 4 N–H and O–H groups in total. The molecule has 16 heavy (non-hydrogen) atoms. The number of hydrogen-bond donors (Lipinski definition) is 3. The third kappa shape index (κ3) is 2.41. The lowest BCUT2D eigenvalue weighted by Gasteiger charge is -2.32. The van der Waals surface area contributed by atoms with Crippen molar-refractivity contribution in [2.45, 2.75) is 45.1 Å². The number of rotatable bonds is 4. The van der Waals surface area contributed by atoms with Gasteiger partial charge in [0.25, 0.3) is 0 Å². The van der Waals surface area contributed by atoms with E-state index in [1.165, 1.54) is 32.1 Å². The molecule has 1 saturated carbocycles. The highest BCUT2D eigenvalue weighted by Gasteiger charge is 2.29. The number of hydrazine groups is 1. The Bertz CT molecular complexity index is 297. The second-order valence-corrected chi connectivity index (χ2v) is 4.74. The predicted molar refractivity (Wildman–Crippen MR) is 62.2 cm³/mol. The molecule has 90 valence electrons. The van der Waals surface area contributed by atoms with Crippen molar-refractivity contribution in [3.8, 4) is 0 Å². The molecule has 1 heterocycles. The number of nitrogens with one attached hydrogen (secondary N) is 2. The zero-order chi connectivity index (χ0) is 11.4. The Kier molecular flexibility index (Phi) is 3.90. The zero-order valence-corrected chi connectivity index (χ0v) is 9.82. The molecule has 3 atom stereocenters. The van der Waals surface area contributed by atoms with Gasteiger partial charge < -0.3 is 0 Å². The van der Waals surface area contributed by atoms with E-state index in [1.807, 2.05) is 0 Å². The SMILES string of the molecule is CCC1CCCC(C(NN)c2cn[nH]n2)C1. The Labute approximate surface area is 96.2 Å². The maximum atomic E-state index is 5.65. The van der Waals surface area contributed by atoms with Gasteiger partial charge in [-0.3, -0.25) is 11.3 Å². The van der Waals surface area contributed by atoms with Crippen molar-refractivity contribution >= 4 is 0 Å². The van der Waals surface area contributed by atoms with Crippen molar-refractivity contribution in [2.24, 2.45) is 17.7 Å². The van der Waals surface area contributed by atoms with Crippen molar-refractivity contribution in [3.63, 3.8) is 0 Å². The molecule has 0 aliphatic heterocycles. The van der Waals surface area contributed by atoms with E-state index in [4.69, 9.17) is 5.84 Å². The summed E-state index contributed by atoms with van der Waals surface area (Å²) in [6.07, 6.45) is 8.19. The topological polar surface area (TPSA) is 79.6 Å². The minimum absolute atomic E-state index is 0.146. The number of nitrogens with zero attached hydrogens (tertiary/aromatic N) is 2. The summed E-state index contributed by atoms with van der Waals surface area (Å²) < 4.78 is 0. The molecule has 5 heteroatoms. The molecule has 0 spiro atoms. The molecule has 0 radical (unpaired) electrons. The summed E-state index contributed by atoms with van der Waals surface area (Å²) in [6, 6.07) is 0.146. The highest BCUT2D eigenvalue weighted by atomic mass is 15.3. The Morgan fingerprint density at radius 1 is 1.62 bits per heavy atom. The van der Waals surface area contributed by atoms with Crippen LogP contribution in [0, 0.1) is 11.8 Å². The Balaban J connectivity index is 2.03. The monoisotopic (exact) mass is 223 g/mol. The second-order valence-electron chi connectivity index (χ2n) is 4.74. The highest BCUT2D eigenvalue weighted by molar-refractivity contribution is 5.02. The molecule has 3 unspecified atom stereocenters. The molecule has 1 aliphatic carbocycles. The first-order valence-electron chi connectivity index (χ1n) is 6.17. The van der Waals surface area contributed by atoms with E-state index >= 15 is 0 Å². The molecule has 1 aliphatic rings. The first-order valence-corrected chi connectivity index (χ1v) is 6.17. The largest absolute Gasteiger partial charge is 0.271 e. The highest BCUT2D eigenvalue weighted by Crippen LogP contribution is 2.37. The van der Waals surface area contributed by atoms with E-state index in [0.717, 1.165) is 11.6 Å². The standard InChI is InChI=1S/C11H21N5/c1-2-8-4-3-5-9(6-8)11(14-12)10-7-13-16-15-10/h7-9,11,14H,2-6,12H2,1H3,(H,13,15,16). The van der Waals surface area contributed by atoms with E-state index in [0.29, 0.717) is 5.92 Å². The van der Waals surface area contributed by atoms with Gasteiger partial charge in [-0.1, -0.05) is 26.2 Å². The number of aromatic nitrogens is 3. The van der Waals surface area contributed by atoms with Crippen LogP contribution in [0.4, 0.5) is 0 Å². The van der Waals surface area contributed by atoms with E-state index in [9.17, 15) is 0 Å². The molecule has 1 aromatic heterocycles. The van der Waals surface area contributed by atoms with Crippen molar-refractivity contribution in [3.05, 3.63) is 11.9 Å². The summed E-state index contributed by atoms with van der Waals surface area (Å²) in [4.78, 5) is 0. The van der Waals surface area contributed by atoms with Crippen LogP contribution in [0.5, 0.6) is 0 Å². The van der Waals surface area contributed by atoms with Gasteiger partial charge >= 0.3 is 0 Å². The van der Waals surface area contributed by atoms with Crippen LogP contribution in [0.25, 0.3) is 0 Å². The van der Waals surface area contributed by atoms with Crippen LogP contribution in [-0.2, 0) is 0 Å². The van der Waals surface area contributed by atoms with Gasteiger partial charge in [0.2, 0.25) is 0 Å². The van der Waals surface area contributed by atoms with Crippen LogP contribution in [-0.4, -0.2) is 15.4 Å². The lowest BCUT2D eigenvalue weighted by molar-refractivity contribution is 0.207. The van der Waals surface area contributed by atoms with E-state index in [2.05, 4.69) is 27.8 Å². The maximum absolute atomic E-state index is 5.65. The van der Waals surface area contributed by atoms with Gasteiger partial charge in [0.15, 0.2) is 0 Å². The lowest BCUT2D eigenvalue weighted by Crippen LogP contribution is -2.36. The molecular formula is C11H21N5. The lowest BCUT2D eigenvalue weighted by atomic mass is 9.76.